The molecule has 0 fully saturated rings. The number of carbonyl (C=O) groups excluding carboxylic acids is 1. The largest absolute Gasteiger partial charge is 0.477 e. The number of nitrogens with two attached hydrogens (primary N) is 1. The molecule has 0 aliphatic heterocycles. The van der Waals surface area contributed by atoms with Crippen LogP contribution in [0, 0.1) is 0 Å². The Bertz CT molecular complexity index is 640. The van der Waals surface area contributed by atoms with Gasteiger partial charge >= 0.3 is 5.97 Å². The van der Waals surface area contributed by atoms with Gasteiger partial charge in [-0.2, -0.15) is 0 Å². The molecule has 0 atom stereocenters. The van der Waals surface area contributed by atoms with Crippen LogP contribution in [0.3, 0.4) is 0 Å². The second-order valence-electron chi connectivity index (χ2n) is 3.93. The summed E-state index contributed by atoms with van der Waals surface area (Å²) in [6.07, 6.45) is 2.79. The topological polar surface area (TPSA) is 118 Å². The van der Waals surface area contributed by atoms with Gasteiger partial charge in [-0.3, -0.25) is 9.78 Å². The molecule has 0 aliphatic rings. The van der Waals surface area contributed by atoms with Crippen molar-refractivity contribution in [2.45, 2.75) is 6.54 Å². The Kier molecular flexibility index (Phi) is 4.02. The summed E-state index contributed by atoms with van der Waals surface area (Å²) in [5.74, 6) is -1.46. The van der Waals surface area contributed by atoms with Gasteiger partial charge in [-0.1, -0.05) is 0 Å². The van der Waals surface area contributed by atoms with Crippen molar-refractivity contribution in [3.05, 3.63) is 53.6 Å². The van der Waals surface area contributed by atoms with Crippen molar-refractivity contribution in [2.75, 3.05) is 5.32 Å². The van der Waals surface area contributed by atoms with Crippen LogP contribution < -0.4 is 11.1 Å². The second-order valence-corrected chi connectivity index (χ2v) is 3.93. The zero-order valence-electron chi connectivity index (χ0n) is 10.4. The number of anilines is 1. The molecule has 0 spiro atoms. The van der Waals surface area contributed by atoms with E-state index in [0.29, 0.717) is 16.9 Å². The molecule has 0 aliphatic carbocycles. The molecule has 2 aromatic rings. The van der Waals surface area contributed by atoms with Gasteiger partial charge in [0.2, 0.25) is 0 Å². The van der Waals surface area contributed by atoms with E-state index in [1.807, 2.05) is 0 Å². The fraction of sp³-hybridized carbons (Fsp3) is 0.0769. The number of pyridine rings is 2. The quantitative estimate of drug-likeness (QED) is 0.760. The van der Waals surface area contributed by atoms with Crippen molar-refractivity contribution in [1.82, 2.24) is 9.97 Å². The van der Waals surface area contributed by atoms with Gasteiger partial charge in [-0.15, -0.1) is 0 Å². The summed E-state index contributed by atoms with van der Waals surface area (Å²) in [6, 6.07) is 5.94. The van der Waals surface area contributed by atoms with Gasteiger partial charge < -0.3 is 16.2 Å². The molecule has 0 saturated heterocycles. The lowest BCUT2D eigenvalue weighted by Crippen LogP contribution is -2.13. The maximum absolute atomic E-state index is 12.0. The first kappa shape index (κ1) is 13.6. The first-order chi connectivity index (χ1) is 9.60. The predicted molar refractivity (Wildman–Crippen MR) is 71.3 cm³/mol. The fourth-order valence-electron chi connectivity index (χ4n) is 1.53. The van der Waals surface area contributed by atoms with E-state index in [1.165, 1.54) is 24.5 Å². The number of aromatic nitrogens is 2. The summed E-state index contributed by atoms with van der Waals surface area (Å²) in [7, 11) is 0. The number of nitrogens with one attached hydrogen (secondary N) is 1. The van der Waals surface area contributed by atoms with Gasteiger partial charge in [0.25, 0.3) is 5.91 Å². The molecule has 2 heterocycles. The van der Waals surface area contributed by atoms with E-state index in [9.17, 15) is 9.59 Å². The zero-order chi connectivity index (χ0) is 14.5. The maximum atomic E-state index is 12.0. The summed E-state index contributed by atoms with van der Waals surface area (Å²) >= 11 is 0. The van der Waals surface area contributed by atoms with Crippen molar-refractivity contribution in [3.8, 4) is 0 Å². The molecule has 7 nitrogen and oxygen atoms in total. The number of rotatable bonds is 4. The van der Waals surface area contributed by atoms with E-state index in [0.717, 1.165) is 0 Å². The lowest BCUT2D eigenvalue weighted by Gasteiger charge is -2.06. The molecule has 1 amide bonds. The number of nitrogens with zero attached hydrogens (tertiary/aromatic N) is 2. The van der Waals surface area contributed by atoms with Gasteiger partial charge in [-0.05, 0) is 24.3 Å². The Morgan fingerprint density at radius 2 is 2.05 bits per heavy atom. The Morgan fingerprint density at radius 1 is 1.25 bits per heavy atom. The summed E-state index contributed by atoms with van der Waals surface area (Å²) in [4.78, 5) is 30.3. The minimum atomic E-state index is -1.12. The molecule has 0 bridgehead atoms. The van der Waals surface area contributed by atoms with E-state index in [1.54, 1.807) is 12.1 Å². The van der Waals surface area contributed by atoms with Crippen molar-refractivity contribution < 1.29 is 14.7 Å². The Morgan fingerprint density at radius 3 is 2.65 bits per heavy atom. The Balaban J connectivity index is 2.12. The molecular formula is C13H12N4O3. The number of hydrogen-bond donors (Lipinski definition) is 3. The van der Waals surface area contributed by atoms with Crippen LogP contribution in [0.2, 0.25) is 0 Å². The van der Waals surface area contributed by atoms with Crippen molar-refractivity contribution in [2.24, 2.45) is 5.73 Å². The van der Waals surface area contributed by atoms with Gasteiger partial charge in [0.05, 0.1) is 17.6 Å². The van der Waals surface area contributed by atoms with Crippen molar-refractivity contribution in [3.63, 3.8) is 0 Å². The van der Waals surface area contributed by atoms with Crippen LogP contribution in [0.15, 0.2) is 36.7 Å². The smallest absolute Gasteiger partial charge is 0.354 e. The highest BCUT2D eigenvalue weighted by molar-refractivity contribution is 6.04. The molecule has 0 unspecified atom stereocenters. The zero-order valence-corrected chi connectivity index (χ0v) is 10.4. The third kappa shape index (κ3) is 3.15. The molecule has 2 rings (SSSR count). The van der Waals surface area contributed by atoms with E-state index < -0.39 is 5.97 Å². The molecule has 102 valence electrons. The summed E-state index contributed by atoms with van der Waals surface area (Å²) in [6.45, 7) is 0.246. The predicted octanol–water partition coefficient (Wildman–Crippen LogP) is 0.886. The van der Waals surface area contributed by atoms with E-state index in [4.69, 9.17) is 10.8 Å². The number of hydrogen-bond acceptors (Lipinski definition) is 5. The highest BCUT2D eigenvalue weighted by Crippen LogP contribution is 2.09. The molecule has 4 N–H and O–H groups in total. The number of aromatic carboxylic acids is 1. The minimum Gasteiger partial charge on any atom is -0.477 e. The third-order valence-corrected chi connectivity index (χ3v) is 2.53. The first-order valence-electron chi connectivity index (χ1n) is 5.76. The van der Waals surface area contributed by atoms with Gasteiger partial charge in [0, 0.05) is 18.3 Å². The number of amides is 1. The lowest BCUT2D eigenvalue weighted by molar-refractivity contribution is 0.0690. The van der Waals surface area contributed by atoms with E-state index in [-0.39, 0.29) is 18.1 Å². The van der Waals surface area contributed by atoms with Crippen LogP contribution in [0.1, 0.15) is 26.5 Å². The summed E-state index contributed by atoms with van der Waals surface area (Å²) in [5, 5.41) is 11.3. The maximum Gasteiger partial charge on any atom is 0.354 e. The second kappa shape index (κ2) is 5.89. The Labute approximate surface area is 114 Å². The van der Waals surface area contributed by atoms with Crippen LogP contribution >= 0.6 is 0 Å². The molecule has 0 aromatic carbocycles. The van der Waals surface area contributed by atoms with Gasteiger partial charge in [-0.25, -0.2) is 9.78 Å². The van der Waals surface area contributed by atoms with E-state index in [2.05, 4.69) is 15.3 Å². The van der Waals surface area contributed by atoms with Crippen LogP contribution in [0.4, 0.5) is 5.69 Å². The highest BCUT2D eigenvalue weighted by Gasteiger charge is 2.08. The SMILES string of the molecule is NCc1cc(C(=O)Nc2ccc(C(=O)O)nc2)ccn1. The van der Waals surface area contributed by atoms with Gasteiger partial charge in [0.15, 0.2) is 0 Å². The third-order valence-electron chi connectivity index (χ3n) is 2.53. The monoisotopic (exact) mass is 272 g/mol. The van der Waals surface area contributed by atoms with Crippen molar-refractivity contribution in [1.29, 1.82) is 0 Å². The number of carbonyl (C=O) groups is 2. The van der Waals surface area contributed by atoms with Crippen LogP contribution in [0.25, 0.3) is 0 Å². The highest BCUT2D eigenvalue weighted by atomic mass is 16.4. The number of carboxylic acid groups (broad SMARTS) is 1. The van der Waals surface area contributed by atoms with Crippen LogP contribution in [0.5, 0.6) is 0 Å². The average Bonchev–Trinajstić information content (AvgIpc) is 2.47. The van der Waals surface area contributed by atoms with Crippen molar-refractivity contribution >= 4 is 17.6 Å². The fourth-order valence-corrected chi connectivity index (χ4v) is 1.53. The van der Waals surface area contributed by atoms with E-state index >= 15 is 0 Å². The normalized spacial score (nSPS) is 10.1. The molecule has 0 saturated carbocycles. The molecule has 20 heavy (non-hydrogen) atoms. The van der Waals surface area contributed by atoms with Gasteiger partial charge in [0.1, 0.15) is 5.69 Å². The Hall–Kier alpha value is -2.80. The minimum absolute atomic E-state index is 0.0858. The lowest BCUT2D eigenvalue weighted by atomic mass is 10.2. The standard InChI is InChI=1S/C13H12N4O3/c14-6-10-5-8(3-4-15-10)12(18)17-9-1-2-11(13(19)20)16-7-9/h1-5,7H,6,14H2,(H,17,18)(H,19,20). The molecule has 0 radical (unpaired) electrons. The summed E-state index contributed by atoms with van der Waals surface area (Å²) < 4.78 is 0. The molecule has 7 heteroatoms. The first-order valence-corrected chi connectivity index (χ1v) is 5.76. The van der Waals surface area contributed by atoms with Crippen LogP contribution in [-0.2, 0) is 6.54 Å². The van der Waals surface area contributed by atoms with Crippen LogP contribution in [-0.4, -0.2) is 27.0 Å². The molecule has 2 aromatic heterocycles. The average molecular weight is 272 g/mol. The summed E-state index contributed by atoms with van der Waals surface area (Å²) in [5.41, 5.74) is 6.81. The molecular weight excluding hydrogens is 260 g/mol. The number of carboxylic acids is 1.